The molecule has 0 saturated heterocycles. The summed E-state index contributed by atoms with van der Waals surface area (Å²) in [5, 5.41) is 11.3. The van der Waals surface area contributed by atoms with E-state index in [1.165, 1.54) is 12.3 Å². The number of halogens is 2. The third-order valence-corrected chi connectivity index (χ3v) is 4.11. The molecule has 0 fully saturated rings. The Labute approximate surface area is 148 Å². The average Bonchev–Trinajstić information content (AvgIpc) is 3.21. The summed E-state index contributed by atoms with van der Waals surface area (Å²) in [6.45, 7) is 3.78. The predicted octanol–water partition coefficient (Wildman–Crippen LogP) is 3.96. The number of benzene rings is 1. The Kier molecular flexibility index (Phi) is 4.71. The van der Waals surface area contributed by atoms with Gasteiger partial charge in [-0.3, -0.25) is 10.4 Å². The number of hydrogen-bond donors (Lipinski definition) is 3. The number of imidazole rings is 1. The summed E-state index contributed by atoms with van der Waals surface area (Å²) < 4.78 is 16.4. The van der Waals surface area contributed by atoms with Gasteiger partial charge in [0, 0.05) is 18.5 Å². The van der Waals surface area contributed by atoms with Crippen LogP contribution in [-0.2, 0) is 0 Å². The van der Waals surface area contributed by atoms with E-state index in [4.69, 9.17) is 11.6 Å². The fourth-order valence-corrected chi connectivity index (χ4v) is 2.77. The maximum Gasteiger partial charge on any atom is 0.324 e. The van der Waals surface area contributed by atoms with E-state index < -0.39 is 11.8 Å². The van der Waals surface area contributed by atoms with Gasteiger partial charge in [0.05, 0.1) is 22.9 Å². The zero-order valence-corrected chi connectivity index (χ0v) is 14.3. The van der Waals surface area contributed by atoms with Gasteiger partial charge in [0.25, 0.3) is 0 Å². The number of aryl methyl sites for hydroxylation is 1. The normalized spacial score (nSPS) is 12.0. The van der Waals surface area contributed by atoms with Crippen LogP contribution in [0.5, 0.6) is 0 Å². The van der Waals surface area contributed by atoms with Crippen molar-refractivity contribution in [3.8, 4) is 0 Å². The molecule has 130 valence electrons. The third kappa shape index (κ3) is 3.63. The molecule has 9 heteroatoms. The van der Waals surface area contributed by atoms with Gasteiger partial charge in [-0.15, -0.1) is 0 Å². The molecule has 7 nitrogen and oxygen atoms in total. The van der Waals surface area contributed by atoms with Gasteiger partial charge in [-0.1, -0.05) is 11.6 Å². The van der Waals surface area contributed by atoms with Gasteiger partial charge < -0.3 is 9.88 Å². The van der Waals surface area contributed by atoms with Crippen LogP contribution in [0.25, 0.3) is 0 Å². The molecule has 0 saturated carbocycles. The second-order valence-corrected chi connectivity index (χ2v) is 5.87. The number of urea groups is 1. The number of anilines is 2. The van der Waals surface area contributed by atoms with E-state index in [2.05, 4.69) is 25.8 Å². The summed E-state index contributed by atoms with van der Waals surface area (Å²) in [6.07, 6.45) is 4.98. The molecule has 3 N–H and O–H groups in total. The van der Waals surface area contributed by atoms with E-state index in [0.717, 1.165) is 5.82 Å². The number of carbonyl (C=O) groups excluding carboxylic acids is 1. The molecule has 3 rings (SSSR count). The molecule has 1 atom stereocenters. The molecule has 3 aromatic rings. The summed E-state index contributed by atoms with van der Waals surface area (Å²) in [7, 11) is 0. The first-order chi connectivity index (χ1) is 12.0. The lowest BCUT2D eigenvalue weighted by Gasteiger charge is -2.18. The van der Waals surface area contributed by atoms with E-state index in [1.54, 1.807) is 18.3 Å². The van der Waals surface area contributed by atoms with Crippen LogP contribution in [0.15, 0.2) is 36.8 Å². The van der Waals surface area contributed by atoms with Crippen molar-refractivity contribution in [3.05, 3.63) is 59.0 Å². The lowest BCUT2D eigenvalue weighted by molar-refractivity contribution is 0.262. The highest BCUT2D eigenvalue weighted by Crippen LogP contribution is 2.31. The Bertz CT molecular complexity index is 869. The molecule has 2 amide bonds. The van der Waals surface area contributed by atoms with Crippen molar-refractivity contribution in [2.75, 3.05) is 10.6 Å². The predicted molar refractivity (Wildman–Crippen MR) is 93.4 cm³/mol. The number of rotatable bonds is 4. The van der Waals surface area contributed by atoms with Gasteiger partial charge in [0.2, 0.25) is 0 Å². The van der Waals surface area contributed by atoms with E-state index in [0.29, 0.717) is 11.4 Å². The second kappa shape index (κ2) is 6.94. The first kappa shape index (κ1) is 17.0. The largest absolute Gasteiger partial charge is 0.328 e. The quantitative estimate of drug-likeness (QED) is 0.656. The molecule has 0 radical (unpaired) electrons. The molecular weight excluding hydrogens is 347 g/mol. The van der Waals surface area contributed by atoms with E-state index in [1.807, 2.05) is 24.6 Å². The van der Waals surface area contributed by atoms with Crippen LogP contribution >= 0.6 is 11.6 Å². The number of amides is 2. The maximum absolute atomic E-state index is 14.5. The summed E-state index contributed by atoms with van der Waals surface area (Å²) in [6, 6.07) is 3.76. The molecule has 0 aliphatic carbocycles. The Morgan fingerprint density at radius 1 is 1.36 bits per heavy atom. The molecule has 1 aromatic carbocycles. The van der Waals surface area contributed by atoms with E-state index in [-0.39, 0.29) is 16.8 Å². The lowest BCUT2D eigenvalue weighted by Crippen LogP contribution is -2.21. The molecular formula is C16H16ClFN6O. The fourth-order valence-electron chi connectivity index (χ4n) is 2.50. The Hall–Kier alpha value is -2.87. The molecule has 2 aromatic heterocycles. The monoisotopic (exact) mass is 362 g/mol. The summed E-state index contributed by atoms with van der Waals surface area (Å²) in [5.74, 6) is 0.576. The average molecular weight is 363 g/mol. The molecule has 0 aliphatic heterocycles. The third-order valence-electron chi connectivity index (χ3n) is 3.81. The minimum atomic E-state index is -0.628. The Morgan fingerprint density at radius 2 is 2.16 bits per heavy atom. The smallest absolute Gasteiger partial charge is 0.324 e. The van der Waals surface area contributed by atoms with Crippen LogP contribution in [-0.4, -0.2) is 25.8 Å². The van der Waals surface area contributed by atoms with Crippen molar-refractivity contribution in [1.29, 1.82) is 0 Å². The SMILES string of the molecule is Cc1nccn1[C@H](C)c1cc(F)c(NC(=O)Nc2ccn[nH]2)c(Cl)c1. The minimum Gasteiger partial charge on any atom is -0.328 e. The first-order valence-electron chi connectivity index (χ1n) is 7.51. The van der Waals surface area contributed by atoms with E-state index in [9.17, 15) is 9.18 Å². The van der Waals surface area contributed by atoms with Gasteiger partial charge in [0.15, 0.2) is 0 Å². The van der Waals surface area contributed by atoms with Gasteiger partial charge in [-0.05, 0) is 31.5 Å². The van der Waals surface area contributed by atoms with Crippen LogP contribution in [0.1, 0.15) is 24.4 Å². The van der Waals surface area contributed by atoms with Crippen molar-refractivity contribution in [3.63, 3.8) is 0 Å². The van der Waals surface area contributed by atoms with Crippen LogP contribution in [0.3, 0.4) is 0 Å². The van der Waals surface area contributed by atoms with Crippen LogP contribution < -0.4 is 10.6 Å². The standard InChI is InChI=1S/C16H16ClFN6O/c1-9(24-6-5-19-10(24)2)11-7-12(17)15(13(18)8-11)22-16(25)21-14-3-4-20-23-14/h3-9H,1-2H3,(H3,20,21,22,23,25)/t9-/m1/s1. The first-order valence-corrected chi connectivity index (χ1v) is 7.89. The van der Waals surface area contributed by atoms with Gasteiger partial charge in [0.1, 0.15) is 17.5 Å². The number of carbonyl (C=O) groups is 1. The molecule has 2 heterocycles. The minimum absolute atomic E-state index is 0.0861. The second-order valence-electron chi connectivity index (χ2n) is 5.47. The molecule has 0 spiro atoms. The highest BCUT2D eigenvalue weighted by molar-refractivity contribution is 6.34. The molecule has 0 aliphatic rings. The fraction of sp³-hybridized carbons (Fsp3) is 0.188. The van der Waals surface area contributed by atoms with Gasteiger partial charge in [-0.2, -0.15) is 5.10 Å². The van der Waals surface area contributed by atoms with Crippen LogP contribution in [0.2, 0.25) is 5.02 Å². The van der Waals surface area contributed by atoms with Gasteiger partial charge >= 0.3 is 6.03 Å². The molecule has 0 bridgehead atoms. The number of nitrogens with zero attached hydrogens (tertiary/aromatic N) is 3. The maximum atomic E-state index is 14.5. The van der Waals surface area contributed by atoms with Crippen molar-refractivity contribution in [1.82, 2.24) is 19.7 Å². The molecule has 25 heavy (non-hydrogen) atoms. The summed E-state index contributed by atoms with van der Waals surface area (Å²) in [4.78, 5) is 16.1. The number of H-pyrrole nitrogens is 1. The highest BCUT2D eigenvalue weighted by Gasteiger charge is 2.17. The van der Waals surface area contributed by atoms with Crippen LogP contribution in [0.4, 0.5) is 20.7 Å². The number of hydrogen-bond acceptors (Lipinski definition) is 3. The summed E-state index contributed by atoms with van der Waals surface area (Å²) in [5.41, 5.74) is 0.583. The Balaban J connectivity index is 1.80. The van der Waals surface area contributed by atoms with Crippen LogP contribution in [0, 0.1) is 12.7 Å². The van der Waals surface area contributed by atoms with Crippen molar-refractivity contribution in [2.45, 2.75) is 19.9 Å². The number of aromatic nitrogens is 4. The zero-order valence-electron chi connectivity index (χ0n) is 13.5. The van der Waals surface area contributed by atoms with Crippen molar-refractivity contribution < 1.29 is 9.18 Å². The zero-order chi connectivity index (χ0) is 18.0. The number of aromatic amines is 1. The van der Waals surface area contributed by atoms with Gasteiger partial charge in [-0.25, -0.2) is 14.2 Å². The topological polar surface area (TPSA) is 87.6 Å². The molecule has 0 unspecified atom stereocenters. The highest BCUT2D eigenvalue weighted by atomic mass is 35.5. The number of nitrogens with one attached hydrogen (secondary N) is 3. The van der Waals surface area contributed by atoms with E-state index >= 15 is 0 Å². The summed E-state index contributed by atoms with van der Waals surface area (Å²) >= 11 is 6.18. The Morgan fingerprint density at radius 3 is 2.76 bits per heavy atom. The van der Waals surface area contributed by atoms with Crippen molar-refractivity contribution >= 4 is 29.1 Å². The lowest BCUT2D eigenvalue weighted by atomic mass is 10.1. The van der Waals surface area contributed by atoms with Crippen molar-refractivity contribution in [2.24, 2.45) is 0 Å².